The molecule has 0 aliphatic heterocycles. The molecule has 94 valence electrons. The Labute approximate surface area is 110 Å². The van der Waals surface area contributed by atoms with Gasteiger partial charge < -0.3 is 10.6 Å². The van der Waals surface area contributed by atoms with E-state index in [0.717, 1.165) is 22.1 Å². The molecule has 0 aliphatic carbocycles. The molecular weight excluding hydrogens is 246 g/mol. The number of amides is 1. The van der Waals surface area contributed by atoms with Crippen molar-refractivity contribution in [3.8, 4) is 11.3 Å². The van der Waals surface area contributed by atoms with Crippen molar-refractivity contribution in [3.05, 3.63) is 29.6 Å². The molecule has 0 saturated carbocycles. The summed E-state index contributed by atoms with van der Waals surface area (Å²) in [6.45, 7) is 1.83. The lowest BCUT2D eigenvalue weighted by atomic mass is 10.1. The summed E-state index contributed by atoms with van der Waals surface area (Å²) in [5.41, 5.74) is 2.72. The summed E-state index contributed by atoms with van der Waals surface area (Å²) in [6, 6.07) is 7.71. The van der Waals surface area contributed by atoms with Crippen LogP contribution in [0.1, 0.15) is 13.3 Å². The van der Waals surface area contributed by atoms with Gasteiger partial charge >= 0.3 is 0 Å². The molecule has 0 fully saturated rings. The second-order valence-electron chi connectivity index (χ2n) is 3.77. The van der Waals surface area contributed by atoms with Gasteiger partial charge in [0.15, 0.2) is 5.13 Å². The second kappa shape index (κ2) is 5.64. The SMILES string of the molecule is CCC(=O)Nc1cccc(-c2csc(NC)n2)c1. The number of hydrogen-bond acceptors (Lipinski definition) is 4. The third-order valence-electron chi connectivity index (χ3n) is 2.48. The van der Waals surface area contributed by atoms with Crippen molar-refractivity contribution in [2.75, 3.05) is 17.7 Å². The lowest BCUT2D eigenvalue weighted by Gasteiger charge is -2.04. The topological polar surface area (TPSA) is 54.0 Å². The molecule has 18 heavy (non-hydrogen) atoms. The Kier molecular flexibility index (Phi) is 3.94. The molecular formula is C13H15N3OS. The molecule has 5 heteroatoms. The predicted octanol–water partition coefficient (Wildman–Crippen LogP) is 3.20. The van der Waals surface area contributed by atoms with Crippen LogP contribution in [0.5, 0.6) is 0 Å². The van der Waals surface area contributed by atoms with Crippen molar-refractivity contribution in [2.24, 2.45) is 0 Å². The molecule has 0 aliphatic rings. The number of carbonyl (C=O) groups excluding carboxylic acids is 1. The highest BCUT2D eigenvalue weighted by atomic mass is 32.1. The molecule has 2 N–H and O–H groups in total. The van der Waals surface area contributed by atoms with Gasteiger partial charge in [-0.1, -0.05) is 19.1 Å². The van der Waals surface area contributed by atoms with Gasteiger partial charge in [0.25, 0.3) is 0 Å². The van der Waals surface area contributed by atoms with Gasteiger partial charge in [0, 0.05) is 30.1 Å². The van der Waals surface area contributed by atoms with Crippen molar-refractivity contribution in [1.82, 2.24) is 4.98 Å². The molecule has 0 saturated heterocycles. The monoisotopic (exact) mass is 261 g/mol. The molecule has 0 spiro atoms. The van der Waals surface area contributed by atoms with Crippen LogP contribution in [0.2, 0.25) is 0 Å². The van der Waals surface area contributed by atoms with Crippen molar-refractivity contribution in [1.29, 1.82) is 0 Å². The van der Waals surface area contributed by atoms with E-state index >= 15 is 0 Å². The highest BCUT2D eigenvalue weighted by molar-refractivity contribution is 7.14. The summed E-state index contributed by atoms with van der Waals surface area (Å²) in [7, 11) is 1.85. The Morgan fingerprint density at radius 3 is 2.94 bits per heavy atom. The van der Waals surface area contributed by atoms with Gasteiger partial charge in [0.05, 0.1) is 5.69 Å². The Morgan fingerprint density at radius 1 is 1.44 bits per heavy atom. The average molecular weight is 261 g/mol. The average Bonchev–Trinajstić information content (AvgIpc) is 2.87. The number of nitrogens with zero attached hydrogens (tertiary/aromatic N) is 1. The van der Waals surface area contributed by atoms with Gasteiger partial charge in [-0.3, -0.25) is 4.79 Å². The summed E-state index contributed by atoms with van der Waals surface area (Å²) in [5.74, 6) is 0.0151. The Balaban J connectivity index is 2.23. The van der Waals surface area contributed by atoms with Crippen LogP contribution in [0.15, 0.2) is 29.6 Å². The van der Waals surface area contributed by atoms with E-state index in [-0.39, 0.29) is 5.91 Å². The predicted molar refractivity (Wildman–Crippen MR) is 76.0 cm³/mol. The molecule has 1 aromatic heterocycles. The molecule has 2 aromatic rings. The molecule has 1 aromatic carbocycles. The van der Waals surface area contributed by atoms with Crippen LogP contribution in [0.4, 0.5) is 10.8 Å². The normalized spacial score (nSPS) is 10.1. The zero-order valence-corrected chi connectivity index (χ0v) is 11.2. The van der Waals surface area contributed by atoms with Gasteiger partial charge in [-0.25, -0.2) is 4.98 Å². The van der Waals surface area contributed by atoms with Crippen LogP contribution in [0, 0.1) is 0 Å². The van der Waals surface area contributed by atoms with E-state index in [1.54, 1.807) is 11.3 Å². The smallest absolute Gasteiger partial charge is 0.224 e. The van der Waals surface area contributed by atoms with Gasteiger partial charge in [-0.15, -0.1) is 11.3 Å². The first-order valence-corrected chi connectivity index (χ1v) is 6.64. The minimum Gasteiger partial charge on any atom is -0.365 e. The standard InChI is InChI=1S/C13H15N3OS/c1-3-12(17)15-10-6-4-5-9(7-10)11-8-18-13(14-2)16-11/h4-8H,3H2,1-2H3,(H,14,16)(H,15,17). The van der Waals surface area contributed by atoms with E-state index in [1.807, 2.05) is 43.6 Å². The first-order valence-electron chi connectivity index (χ1n) is 5.76. The van der Waals surface area contributed by atoms with Crippen molar-refractivity contribution >= 4 is 28.1 Å². The number of nitrogens with one attached hydrogen (secondary N) is 2. The van der Waals surface area contributed by atoms with E-state index < -0.39 is 0 Å². The summed E-state index contributed by atoms with van der Waals surface area (Å²) in [5, 5.41) is 8.73. The molecule has 1 heterocycles. The van der Waals surface area contributed by atoms with E-state index in [1.165, 1.54) is 0 Å². The maximum atomic E-state index is 11.3. The number of anilines is 2. The molecule has 0 unspecified atom stereocenters. The van der Waals surface area contributed by atoms with Gasteiger partial charge in [0.2, 0.25) is 5.91 Å². The van der Waals surface area contributed by atoms with Crippen molar-refractivity contribution in [2.45, 2.75) is 13.3 Å². The zero-order valence-electron chi connectivity index (χ0n) is 10.4. The van der Waals surface area contributed by atoms with Crippen LogP contribution in [-0.2, 0) is 4.79 Å². The molecule has 4 nitrogen and oxygen atoms in total. The highest BCUT2D eigenvalue weighted by Gasteiger charge is 2.05. The maximum absolute atomic E-state index is 11.3. The Morgan fingerprint density at radius 2 is 2.28 bits per heavy atom. The maximum Gasteiger partial charge on any atom is 0.224 e. The summed E-state index contributed by atoms with van der Waals surface area (Å²) in [4.78, 5) is 15.8. The fraction of sp³-hybridized carbons (Fsp3) is 0.231. The van der Waals surface area contributed by atoms with E-state index in [0.29, 0.717) is 6.42 Å². The first-order chi connectivity index (χ1) is 8.72. The fourth-order valence-electron chi connectivity index (χ4n) is 1.53. The largest absolute Gasteiger partial charge is 0.365 e. The lowest BCUT2D eigenvalue weighted by Crippen LogP contribution is -2.09. The molecule has 2 rings (SSSR count). The Hall–Kier alpha value is -1.88. The summed E-state index contributed by atoms with van der Waals surface area (Å²) >= 11 is 1.56. The van der Waals surface area contributed by atoms with Crippen LogP contribution in [0.3, 0.4) is 0 Å². The van der Waals surface area contributed by atoms with E-state index in [4.69, 9.17) is 0 Å². The van der Waals surface area contributed by atoms with E-state index in [9.17, 15) is 4.79 Å². The number of hydrogen-bond donors (Lipinski definition) is 2. The van der Waals surface area contributed by atoms with Crippen LogP contribution < -0.4 is 10.6 Å². The molecule has 0 radical (unpaired) electrons. The van der Waals surface area contributed by atoms with E-state index in [2.05, 4.69) is 15.6 Å². The van der Waals surface area contributed by atoms with Gasteiger partial charge in [-0.2, -0.15) is 0 Å². The Bertz CT molecular complexity index is 551. The minimum atomic E-state index is 0.0151. The number of thiazole rings is 1. The lowest BCUT2D eigenvalue weighted by molar-refractivity contribution is -0.115. The number of rotatable bonds is 4. The second-order valence-corrected chi connectivity index (χ2v) is 4.63. The zero-order chi connectivity index (χ0) is 13.0. The number of aromatic nitrogens is 1. The molecule has 0 bridgehead atoms. The van der Waals surface area contributed by atoms with Crippen molar-refractivity contribution < 1.29 is 4.79 Å². The number of carbonyl (C=O) groups is 1. The third kappa shape index (κ3) is 2.87. The molecule has 0 atom stereocenters. The summed E-state index contributed by atoms with van der Waals surface area (Å²) in [6.07, 6.45) is 0.477. The number of benzene rings is 1. The first kappa shape index (κ1) is 12.6. The highest BCUT2D eigenvalue weighted by Crippen LogP contribution is 2.26. The fourth-order valence-corrected chi connectivity index (χ4v) is 2.21. The summed E-state index contributed by atoms with van der Waals surface area (Å²) < 4.78 is 0. The van der Waals surface area contributed by atoms with Gasteiger partial charge in [-0.05, 0) is 12.1 Å². The van der Waals surface area contributed by atoms with Crippen LogP contribution >= 0.6 is 11.3 Å². The van der Waals surface area contributed by atoms with Crippen LogP contribution in [-0.4, -0.2) is 17.9 Å². The molecule has 1 amide bonds. The minimum absolute atomic E-state index is 0.0151. The quantitative estimate of drug-likeness (QED) is 0.888. The van der Waals surface area contributed by atoms with Crippen LogP contribution in [0.25, 0.3) is 11.3 Å². The third-order valence-corrected chi connectivity index (χ3v) is 3.34. The van der Waals surface area contributed by atoms with Crippen molar-refractivity contribution in [3.63, 3.8) is 0 Å². The van der Waals surface area contributed by atoms with Gasteiger partial charge in [0.1, 0.15) is 0 Å².